The largest absolute Gasteiger partial charge is 0.439 e. The van der Waals surface area contributed by atoms with Crippen molar-refractivity contribution in [2.24, 2.45) is 0 Å². The third kappa shape index (κ3) is 3.98. The third-order valence-electron chi connectivity index (χ3n) is 3.66. The second-order valence-corrected chi connectivity index (χ2v) is 7.14. The Morgan fingerprint density at radius 3 is 2.19 bits per heavy atom. The van der Waals surface area contributed by atoms with E-state index in [-0.39, 0.29) is 23.6 Å². The summed E-state index contributed by atoms with van der Waals surface area (Å²) in [5, 5.41) is 0. The van der Waals surface area contributed by atoms with Crippen LogP contribution in [0.25, 0.3) is 0 Å². The molecule has 0 fully saturated rings. The van der Waals surface area contributed by atoms with Crippen molar-refractivity contribution in [3.63, 3.8) is 0 Å². The van der Waals surface area contributed by atoms with Gasteiger partial charge in [-0.3, -0.25) is 0 Å². The van der Waals surface area contributed by atoms with Gasteiger partial charge in [-0.1, -0.05) is 13.8 Å². The Balaban J connectivity index is 0.00000117. The number of hydrogen-bond acceptors (Lipinski definition) is 4. The van der Waals surface area contributed by atoms with Gasteiger partial charge in [-0.25, -0.2) is 22.2 Å². The number of fused-ring (bicyclic) bond motifs is 1. The molecular formula is C17H17F4NO3S. The fourth-order valence-electron chi connectivity index (χ4n) is 2.65. The molecule has 0 bridgehead atoms. The predicted octanol–water partition coefficient (Wildman–Crippen LogP) is 4.66. The molecule has 0 saturated heterocycles. The number of hydrogen-bond donors (Lipinski definition) is 0. The van der Waals surface area contributed by atoms with E-state index in [9.17, 15) is 26.0 Å². The van der Waals surface area contributed by atoms with Crippen molar-refractivity contribution in [3.05, 3.63) is 47.2 Å². The lowest BCUT2D eigenvalue weighted by Crippen LogP contribution is -2.14. The van der Waals surface area contributed by atoms with E-state index < -0.39 is 32.1 Å². The quantitative estimate of drug-likeness (QED) is 0.711. The Hall–Kier alpha value is -2.16. The van der Waals surface area contributed by atoms with Crippen LogP contribution in [0.2, 0.25) is 0 Å². The van der Waals surface area contributed by atoms with Crippen LogP contribution in [0.15, 0.2) is 29.3 Å². The SMILES string of the molecule is CC.O=S(=O)(c1cnc(Oc2cc(F)cc(F)c2)c2c1CCC2)C(F)F. The first-order chi connectivity index (χ1) is 12.3. The fourth-order valence-corrected chi connectivity index (χ4v) is 3.61. The van der Waals surface area contributed by atoms with Crippen LogP contribution >= 0.6 is 0 Å². The monoisotopic (exact) mass is 391 g/mol. The number of pyridine rings is 1. The molecule has 3 rings (SSSR count). The highest BCUT2D eigenvalue weighted by molar-refractivity contribution is 7.91. The number of sulfone groups is 1. The van der Waals surface area contributed by atoms with Crippen molar-refractivity contribution >= 4 is 9.84 Å². The van der Waals surface area contributed by atoms with Gasteiger partial charge in [0, 0.05) is 23.8 Å². The molecule has 2 aromatic rings. The molecule has 26 heavy (non-hydrogen) atoms. The summed E-state index contributed by atoms with van der Waals surface area (Å²) in [5.74, 6) is -5.44. The Kier molecular flexibility index (Phi) is 6.22. The zero-order chi connectivity index (χ0) is 19.5. The minimum Gasteiger partial charge on any atom is -0.439 e. The Morgan fingerprint density at radius 1 is 1.04 bits per heavy atom. The maximum absolute atomic E-state index is 13.2. The summed E-state index contributed by atoms with van der Waals surface area (Å²) in [6.07, 6.45) is 2.01. The lowest BCUT2D eigenvalue weighted by molar-refractivity contribution is 0.234. The van der Waals surface area contributed by atoms with E-state index in [4.69, 9.17) is 4.74 Å². The van der Waals surface area contributed by atoms with Crippen LogP contribution in [0.3, 0.4) is 0 Å². The predicted molar refractivity (Wildman–Crippen MR) is 87.2 cm³/mol. The summed E-state index contributed by atoms with van der Waals surface area (Å²) in [7, 11) is -4.78. The molecule has 0 spiro atoms. The van der Waals surface area contributed by atoms with Gasteiger partial charge in [-0.05, 0) is 24.8 Å². The molecular weight excluding hydrogens is 374 g/mol. The van der Waals surface area contributed by atoms with E-state index in [1.165, 1.54) is 0 Å². The molecule has 0 amide bonds. The zero-order valence-corrected chi connectivity index (χ0v) is 14.9. The average molecular weight is 391 g/mol. The standard InChI is InChI=1S/C15H11F4NO3S.C2H6/c16-8-4-9(17)6-10(5-8)23-14-12-3-1-2-11(12)13(7-20-14)24(21,22)15(18)19;1-2/h4-7,15H,1-3H2;1-2H3. The number of halogens is 4. The lowest BCUT2D eigenvalue weighted by atomic mass is 10.2. The van der Waals surface area contributed by atoms with Gasteiger partial charge in [0.25, 0.3) is 0 Å². The molecule has 0 radical (unpaired) electrons. The second-order valence-electron chi connectivity index (χ2n) is 5.25. The van der Waals surface area contributed by atoms with Crippen LogP contribution < -0.4 is 4.74 Å². The molecule has 1 aromatic heterocycles. The van der Waals surface area contributed by atoms with Crippen LogP contribution in [-0.4, -0.2) is 19.2 Å². The molecule has 142 valence electrons. The Bertz CT molecular complexity index is 881. The molecule has 1 aromatic carbocycles. The van der Waals surface area contributed by atoms with Gasteiger partial charge in [-0.15, -0.1) is 0 Å². The van der Waals surface area contributed by atoms with E-state index in [1.807, 2.05) is 13.8 Å². The van der Waals surface area contributed by atoms with Crippen LogP contribution in [0.5, 0.6) is 11.6 Å². The summed E-state index contributed by atoms with van der Waals surface area (Å²) in [6.45, 7) is 4.00. The first-order valence-corrected chi connectivity index (χ1v) is 9.50. The van der Waals surface area contributed by atoms with Crippen LogP contribution in [-0.2, 0) is 22.7 Å². The number of ether oxygens (including phenoxy) is 1. The minimum atomic E-state index is -4.78. The van der Waals surface area contributed by atoms with Gasteiger partial charge in [0.15, 0.2) is 0 Å². The topological polar surface area (TPSA) is 56.3 Å². The normalized spacial score (nSPS) is 13.2. The smallest absolute Gasteiger partial charge is 0.341 e. The van der Waals surface area contributed by atoms with Crippen LogP contribution in [0.4, 0.5) is 17.6 Å². The highest BCUT2D eigenvalue weighted by Crippen LogP contribution is 2.37. The molecule has 0 unspecified atom stereocenters. The highest BCUT2D eigenvalue weighted by Gasteiger charge is 2.33. The third-order valence-corrected chi connectivity index (χ3v) is 5.10. The molecule has 4 nitrogen and oxygen atoms in total. The summed E-state index contributed by atoms with van der Waals surface area (Å²) < 4.78 is 80.7. The lowest BCUT2D eigenvalue weighted by Gasteiger charge is -2.13. The van der Waals surface area contributed by atoms with E-state index in [1.54, 1.807) is 0 Å². The molecule has 1 heterocycles. The maximum Gasteiger partial charge on any atom is 0.341 e. The van der Waals surface area contributed by atoms with Crippen molar-refractivity contribution < 1.29 is 30.7 Å². The molecule has 0 atom stereocenters. The van der Waals surface area contributed by atoms with Gasteiger partial charge in [0.05, 0.1) is 11.1 Å². The molecule has 1 aliphatic carbocycles. The summed E-state index contributed by atoms with van der Waals surface area (Å²) in [4.78, 5) is 3.25. The Morgan fingerprint density at radius 2 is 1.62 bits per heavy atom. The van der Waals surface area contributed by atoms with Gasteiger partial charge in [-0.2, -0.15) is 8.78 Å². The van der Waals surface area contributed by atoms with Crippen molar-refractivity contribution in [2.75, 3.05) is 0 Å². The van der Waals surface area contributed by atoms with E-state index in [0.717, 1.165) is 18.3 Å². The first-order valence-electron chi connectivity index (χ1n) is 7.96. The average Bonchev–Trinajstić information content (AvgIpc) is 3.05. The number of alkyl halides is 2. The molecule has 1 aliphatic rings. The Labute approximate surface area is 148 Å². The number of aromatic nitrogens is 1. The molecule has 0 aliphatic heterocycles. The van der Waals surface area contributed by atoms with Gasteiger partial charge >= 0.3 is 5.76 Å². The molecule has 0 saturated carbocycles. The fraction of sp³-hybridized carbons (Fsp3) is 0.353. The van der Waals surface area contributed by atoms with Crippen molar-refractivity contribution in [1.29, 1.82) is 0 Å². The van der Waals surface area contributed by atoms with Gasteiger partial charge in [0.1, 0.15) is 17.4 Å². The zero-order valence-electron chi connectivity index (χ0n) is 14.1. The van der Waals surface area contributed by atoms with Gasteiger partial charge in [0.2, 0.25) is 15.7 Å². The summed E-state index contributed by atoms with van der Waals surface area (Å²) >= 11 is 0. The number of nitrogens with zero attached hydrogens (tertiary/aromatic N) is 1. The van der Waals surface area contributed by atoms with Crippen LogP contribution in [0.1, 0.15) is 31.4 Å². The maximum atomic E-state index is 13.2. The van der Waals surface area contributed by atoms with Crippen molar-refractivity contribution in [2.45, 2.75) is 43.8 Å². The van der Waals surface area contributed by atoms with Gasteiger partial charge < -0.3 is 4.74 Å². The number of rotatable bonds is 4. The van der Waals surface area contributed by atoms with E-state index in [2.05, 4.69) is 4.98 Å². The second kappa shape index (κ2) is 8.03. The minimum absolute atomic E-state index is 0.0410. The summed E-state index contributed by atoms with van der Waals surface area (Å²) in [6, 6.07) is 2.55. The highest BCUT2D eigenvalue weighted by atomic mass is 32.2. The number of benzene rings is 1. The molecule has 9 heteroatoms. The summed E-state index contributed by atoms with van der Waals surface area (Å²) in [5.41, 5.74) is 0.582. The molecule has 0 N–H and O–H groups in total. The van der Waals surface area contributed by atoms with Crippen molar-refractivity contribution in [3.8, 4) is 11.6 Å². The van der Waals surface area contributed by atoms with Crippen LogP contribution in [0, 0.1) is 11.6 Å². The van der Waals surface area contributed by atoms with E-state index >= 15 is 0 Å². The van der Waals surface area contributed by atoms with E-state index in [0.29, 0.717) is 24.5 Å². The first kappa shape index (κ1) is 20.2. The van der Waals surface area contributed by atoms with Crippen molar-refractivity contribution in [1.82, 2.24) is 4.98 Å².